The molecule has 0 rings (SSSR count). The molecule has 0 bridgehead atoms. The zero-order valence-electron chi connectivity index (χ0n) is 22.0. The van der Waals surface area contributed by atoms with Crippen LogP contribution in [-0.4, -0.2) is 37.2 Å². The summed E-state index contributed by atoms with van der Waals surface area (Å²) in [5, 5.41) is 0. The Morgan fingerprint density at radius 1 is 0.576 bits per heavy atom. The maximum absolute atomic E-state index is 12.1. The summed E-state index contributed by atoms with van der Waals surface area (Å²) in [5.74, 6) is -0.684. The molecule has 6 heteroatoms. The van der Waals surface area contributed by atoms with E-state index < -0.39 is 6.10 Å². The van der Waals surface area contributed by atoms with Gasteiger partial charge in [0.05, 0.1) is 0 Å². The maximum Gasteiger partial charge on any atom is 0.306 e. The zero-order valence-corrected chi connectivity index (χ0v) is 22.0. The topological polar surface area (TPSA) is 78.9 Å². The summed E-state index contributed by atoms with van der Waals surface area (Å²) in [6, 6.07) is 0. The summed E-state index contributed by atoms with van der Waals surface area (Å²) in [7, 11) is 0. The third-order valence-corrected chi connectivity index (χ3v) is 5.29. The number of rotatable bonds is 21. The molecule has 0 radical (unpaired) electrons. The highest BCUT2D eigenvalue weighted by Gasteiger charge is 2.20. The Hall–Kier alpha value is -1.59. The minimum Gasteiger partial charge on any atom is -0.462 e. The quantitative estimate of drug-likeness (QED) is 0.104. The fourth-order valence-corrected chi connectivity index (χ4v) is 3.45. The molecule has 33 heavy (non-hydrogen) atoms. The van der Waals surface area contributed by atoms with E-state index in [2.05, 4.69) is 6.92 Å². The summed E-state index contributed by atoms with van der Waals surface area (Å²) in [5.41, 5.74) is 0. The first kappa shape index (κ1) is 31.4. The van der Waals surface area contributed by atoms with E-state index in [0.29, 0.717) is 12.8 Å². The van der Waals surface area contributed by atoms with Crippen LogP contribution in [0.4, 0.5) is 0 Å². The number of hydrogen-bond donors (Lipinski definition) is 0. The normalized spacial score (nSPS) is 12.1. The van der Waals surface area contributed by atoms with Crippen molar-refractivity contribution >= 4 is 17.9 Å². The highest BCUT2D eigenvalue weighted by atomic mass is 16.6. The van der Waals surface area contributed by atoms with E-state index in [1.54, 1.807) is 0 Å². The van der Waals surface area contributed by atoms with Gasteiger partial charge in [0.25, 0.3) is 0 Å². The Bertz CT molecular complexity index is 515. The summed E-state index contributed by atoms with van der Waals surface area (Å²) < 4.78 is 15.9. The Labute approximate surface area is 202 Å². The van der Waals surface area contributed by atoms with Crippen molar-refractivity contribution < 1.29 is 28.6 Å². The lowest BCUT2D eigenvalue weighted by atomic mass is 10.1. The van der Waals surface area contributed by atoms with Gasteiger partial charge in [0.1, 0.15) is 13.2 Å². The molecule has 0 aromatic rings. The van der Waals surface area contributed by atoms with E-state index in [-0.39, 0.29) is 49.4 Å². The third kappa shape index (κ3) is 22.0. The van der Waals surface area contributed by atoms with Gasteiger partial charge in [0.15, 0.2) is 6.10 Å². The van der Waals surface area contributed by atoms with Crippen LogP contribution in [0.5, 0.6) is 0 Å². The second kappa shape index (κ2) is 21.0. The first-order valence-corrected chi connectivity index (χ1v) is 13.2. The fourth-order valence-electron chi connectivity index (χ4n) is 3.45. The van der Waals surface area contributed by atoms with E-state index in [1.165, 1.54) is 51.4 Å². The Balaban J connectivity index is 4.07. The molecule has 0 aliphatic heterocycles. The molecular weight excluding hydrogens is 420 g/mol. The van der Waals surface area contributed by atoms with Crippen LogP contribution in [0.2, 0.25) is 0 Å². The number of unbranched alkanes of at least 4 members (excludes halogenated alkanes) is 10. The minimum absolute atomic E-state index is 0.0876. The first-order valence-electron chi connectivity index (χ1n) is 13.2. The number of carbonyl (C=O) groups excluding carboxylic acids is 3. The second-order valence-electron chi connectivity index (χ2n) is 9.96. The molecule has 0 aliphatic rings. The highest BCUT2D eigenvalue weighted by Crippen LogP contribution is 2.12. The molecule has 0 aliphatic carbocycles. The SMILES string of the molecule is CCCCCCCCCCCCCC(=O)OC[C@@H](COC(=O)CC(C)C)OC(=O)CC(C)C. The predicted octanol–water partition coefficient (Wildman–Crippen LogP) is 6.78. The third-order valence-electron chi connectivity index (χ3n) is 5.29. The van der Waals surface area contributed by atoms with Crippen molar-refractivity contribution in [1.29, 1.82) is 0 Å². The summed E-state index contributed by atoms with van der Waals surface area (Å²) >= 11 is 0. The summed E-state index contributed by atoms with van der Waals surface area (Å²) in [6.45, 7) is 9.76. The molecule has 1 atom stereocenters. The van der Waals surface area contributed by atoms with Gasteiger partial charge in [-0.05, 0) is 18.3 Å². The van der Waals surface area contributed by atoms with Gasteiger partial charge in [-0.15, -0.1) is 0 Å². The van der Waals surface area contributed by atoms with Crippen LogP contribution in [-0.2, 0) is 28.6 Å². The average Bonchev–Trinajstić information content (AvgIpc) is 2.72. The van der Waals surface area contributed by atoms with Gasteiger partial charge in [0.2, 0.25) is 0 Å². The molecule has 0 aromatic carbocycles. The van der Waals surface area contributed by atoms with Crippen molar-refractivity contribution in [3.05, 3.63) is 0 Å². The summed E-state index contributed by atoms with van der Waals surface area (Å²) in [4.78, 5) is 35.9. The molecule has 0 amide bonds. The Kier molecular flexibility index (Phi) is 20.0. The van der Waals surface area contributed by atoms with Gasteiger partial charge in [-0.1, -0.05) is 98.8 Å². The van der Waals surface area contributed by atoms with Gasteiger partial charge in [-0.2, -0.15) is 0 Å². The molecule has 0 heterocycles. The van der Waals surface area contributed by atoms with Crippen LogP contribution in [0.3, 0.4) is 0 Å². The van der Waals surface area contributed by atoms with Crippen molar-refractivity contribution in [2.75, 3.05) is 13.2 Å². The van der Waals surface area contributed by atoms with Gasteiger partial charge < -0.3 is 14.2 Å². The van der Waals surface area contributed by atoms with Crippen molar-refractivity contribution in [3.63, 3.8) is 0 Å². The van der Waals surface area contributed by atoms with Crippen LogP contribution in [0.1, 0.15) is 125 Å². The van der Waals surface area contributed by atoms with Crippen molar-refractivity contribution in [1.82, 2.24) is 0 Å². The van der Waals surface area contributed by atoms with Crippen LogP contribution >= 0.6 is 0 Å². The van der Waals surface area contributed by atoms with E-state index in [1.807, 2.05) is 27.7 Å². The first-order chi connectivity index (χ1) is 15.7. The van der Waals surface area contributed by atoms with Gasteiger partial charge in [-0.25, -0.2) is 0 Å². The monoisotopic (exact) mass is 470 g/mol. The molecule has 0 spiro atoms. The van der Waals surface area contributed by atoms with E-state index >= 15 is 0 Å². The van der Waals surface area contributed by atoms with Crippen LogP contribution in [0.25, 0.3) is 0 Å². The number of ether oxygens (including phenoxy) is 3. The number of hydrogen-bond acceptors (Lipinski definition) is 6. The predicted molar refractivity (Wildman–Crippen MR) is 132 cm³/mol. The van der Waals surface area contributed by atoms with E-state index in [4.69, 9.17) is 14.2 Å². The molecule has 0 fully saturated rings. The van der Waals surface area contributed by atoms with E-state index in [0.717, 1.165) is 19.3 Å². The Morgan fingerprint density at radius 3 is 1.48 bits per heavy atom. The van der Waals surface area contributed by atoms with Gasteiger partial charge >= 0.3 is 17.9 Å². The molecule has 194 valence electrons. The zero-order chi connectivity index (χ0) is 24.9. The van der Waals surface area contributed by atoms with Gasteiger partial charge in [0, 0.05) is 19.3 Å². The average molecular weight is 471 g/mol. The van der Waals surface area contributed by atoms with Crippen molar-refractivity contribution in [3.8, 4) is 0 Å². The van der Waals surface area contributed by atoms with Crippen molar-refractivity contribution in [2.45, 2.75) is 131 Å². The molecule has 0 unspecified atom stereocenters. The lowest BCUT2D eigenvalue weighted by Crippen LogP contribution is -2.31. The second-order valence-corrected chi connectivity index (χ2v) is 9.96. The molecule has 0 saturated heterocycles. The standard InChI is InChI=1S/C27H50O6/c1-6-7-8-9-10-11-12-13-14-15-16-17-25(28)31-20-24(33-27(30)19-23(4)5)21-32-26(29)18-22(2)3/h22-24H,6-21H2,1-5H3/t24-/m0/s1. The smallest absolute Gasteiger partial charge is 0.306 e. The van der Waals surface area contributed by atoms with Gasteiger partial charge in [-0.3, -0.25) is 14.4 Å². The Morgan fingerprint density at radius 2 is 1.00 bits per heavy atom. The summed E-state index contributed by atoms with van der Waals surface area (Å²) in [6.07, 6.45) is 13.6. The van der Waals surface area contributed by atoms with Crippen LogP contribution in [0.15, 0.2) is 0 Å². The molecule has 6 nitrogen and oxygen atoms in total. The number of carbonyl (C=O) groups is 3. The molecule has 0 saturated carbocycles. The van der Waals surface area contributed by atoms with E-state index in [9.17, 15) is 14.4 Å². The fraction of sp³-hybridized carbons (Fsp3) is 0.889. The maximum atomic E-state index is 12.1. The molecule has 0 N–H and O–H groups in total. The van der Waals surface area contributed by atoms with Crippen molar-refractivity contribution in [2.24, 2.45) is 11.8 Å². The van der Waals surface area contributed by atoms with Crippen LogP contribution < -0.4 is 0 Å². The molecule has 0 aromatic heterocycles. The van der Waals surface area contributed by atoms with Crippen LogP contribution in [0, 0.1) is 11.8 Å². The minimum atomic E-state index is -0.770. The largest absolute Gasteiger partial charge is 0.462 e. The lowest BCUT2D eigenvalue weighted by Gasteiger charge is -2.19. The highest BCUT2D eigenvalue weighted by molar-refractivity contribution is 5.71. The number of esters is 3. The lowest BCUT2D eigenvalue weighted by molar-refractivity contribution is -0.167. The molecular formula is C27H50O6.